The predicted octanol–water partition coefficient (Wildman–Crippen LogP) is 5.15. The number of methoxy groups -OCH3 is 1. The number of ether oxygens (including phenoxy) is 1. The highest BCUT2D eigenvalue weighted by atomic mass is 31.1. The number of nitrogens with zero attached hydrogens (tertiary/aromatic N) is 1. The molecule has 3 rings (SSSR count). The van der Waals surface area contributed by atoms with Crippen LogP contribution in [0.1, 0.15) is 43.6 Å². The fraction of sp³-hybridized carbons (Fsp3) is 0.500. The number of para-hydroxylation sites is 1. The lowest BCUT2D eigenvalue weighted by molar-refractivity contribution is 0.410. The minimum atomic E-state index is -0.148. The molecule has 1 aliphatic carbocycles. The molecule has 1 heterocycles. The highest BCUT2D eigenvalue weighted by molar-refractivity contribution is 7.75. The van der Waals surface area contributed by atoms with Gasteiger partial charge in [0, 0.05) is 11.8 Å². The summed E-state index contributed by atoms with van der Waals surface area (Å²) >= 11 is 0. The first-order chi connectivity index (χ1) is 10.3. The van der Waals surface area contributed by atoms with Crippen molar-refractivity contribution in [3.63, 3.8) is 0 Å². The maximum Gasteiger partial charge on any atom is 0.123 e. The average molecular weight is 301 g/mol. The molecule has 0 aromatic heterocycles. The van der Waals surface area contributed by atoms with Crippen molar-refractivity contribution in [1.82, 2.24) is 0 Å². The van der Waals surface area contributed by atoms with Crippen LogP contribution in [0, 0.1) is 0 Å². The Kier molecular flexibility index (Phi) is 4.75. The smallest absolute Gasteiger partial charge is 0.123 e. The van der Waals surface area contributed by atoms with Gasteiger partial charge in [-0.05, 0) is 31.2 Å². The van der Waals surface area contributed by atoms with Crippen LogP contribution in [0.4, 0.5) is 0 Å². The maximum absolute atomic E-state index is 5.55. The molecule has 2 nitrogen and oxygen atoms in total. The van der Waals surface area contributed by atoms with Gasteiger partial charge in [-0.15, -0.1) is 0 Å². The monoisotopic (exact) mass is 301 g/mol. The zero-order valence-corrected chi connectivity index (χ0v) is 13.9. The van der Waals surface area contributed by atoms with Gasteiger partial charge < -0.3 is 4.74 Å². The van der Waals surface area contributed by atoms with Crippen molar-refractivity contribution in [3.05, 3.63) is 42.1 Å². The highest BCUT2D eigenvalue weighted by Gasteiger charge is 2.31. The summed E-state index contributed by atoms with van der Waals surface area (Å²) < 4.78 is 5.55. The molecule has 1 aromatic rings. The zero-order valence-electron chi connectivity index (χ0n) is 13.0. The minimum absolute atomic E-state index is 0.148. The van der Waals surface area contributed by atoms with Crippen LogP contribution in [-0.2, 0) is 0 Å². The molecule has 1 aromatic carbocycles. The van der Waals surface area contributed by atoms with Crippen LogP contribution in [0.15, 0.2) is 41.5 Å². The van der Waals surface area contributed by atoms with E-state index in [9.17, 15) is 0 Å². The summed E-state index contributed by atoms with van der Waals surface area (Å²) in [7, 11) is 1.61. The van der Waals surface area contributed by atoms with Gasteiger partial charge in [0.1, 0.15) is 5.75 Å². The summed E-state index contributed by atoms with van der Waals surface area (Å²) in [6.45, 7) is 2.43. The van der Waals surface area contributed by atoms with Crippen molar-refractivity contribution in [2.24, 2.45) is 4.99 Å². The zero-order chi connectivity index (χ0) is 14.7. The van der Waals surface area contributed by atoms with E-state index in [0.29, 0.717) is 5.92 Å². The molecule has 0 amide bonds. The van der Waals surface area contributed by atoms with E-state index in [-0.39, 0.29) is 7.92 Å². The summed E-state index contributed by atoms with van der Waals surface area (Å²) in [5.74, 6) is 1.30. The number of benzene rings is 1. The first-order valence-electron chi connectivity index (χ1n) is 7.91. The van der Waals surface area contributed by atoms with Gasteiger partial charge in [-0.25, -0.2) is 0 Å². The number of rotatable bonds is 4. The summed E-state index contributed by atoms with van der Waals surface area (Å²) in [5, 5.41) is 0. The number of hydrogen-bond acceptors (Lipinski definition) is 2. The van der Waals surface area contributed by atoms with E-state index in [0.717, 1.165) is 11.4 Å². The quantitative estimate of drug-likeness (QED) is 0.705. The lowest BCUT2D eigenvalue weighted by atomic mass is 10.00. The fourth-order valence-electron chi connectivity index (χ4n) is 3.50. The van der Waals surface area contributed by atoms with E-state index in [1.807, 2.05) is 12.3 Å². The third-order valence-electron chi connectivity index (χ3n) is 4.72. The van der Waals surface area contributed by atoms with E-state index < -0.39 is 0 Å². The van der Waals surface area contributed by atoms with Crippen molar-refractivity contribution in [3.8, 4) is 5.75 Å². The molecule has 0 spiro atoms. The number of hydrogen-bond donors (Lipinski definition) is 0. The Morgan fingerprint density at radius 1 is 1.14 bits per heavy atom. The Hall–Kier alpha value is -1.14. The minimum Gasteiger partial charge on any atom is -0.496 e. The van der Waals surface area contributed by atoms with E-state index in [2.05, 4.69) is 30.9 Å². The Morgan fingerprint density at radius 2 is 1.90 bits per heavy atom. The van der Waals surface area contributed by atoms with Crippen molar-refractivity contribution in [1.29, 1.82) is 0 Å². The summed E-state index contributed by atoms with van der Waals surface area (Å²) in [5.41, 5.74) is 3.52. The van der Waals surface area contributed by atoms with Crippen LogP contribution in [0.2, 0.25) is 0 Å². The van der Waals surface area contributed by atoms with Gasteiger partial charge in [-0.1, -0.05) is 51.5 Å². The van der Waals surface area contributed by atoms with Gasteiger partial charge in [0.25, 0.3) is 0 Å². The predicted molar refractivity (Wildman–Crippen MR) is 92.0 cm³/mol. The van der Waals surface area contributed by atoms with Crippen molar-refractivity contribution >= 4 is 13.4 Å². The molecule has 2 atom stereocenters. The molecular formula is C18H24NOP. The van der Waals surface area contributed by atoms with Crippen LogP contribution < -0.4 is 4.74 Å². The van der Waals surface area contributed by atoms with Gasteiger partial charge in [-0.3, -0.25) is 4.99 Å². The van der Waals surface area contributed by atoms with Gasteiger partial charge in [0.15, 0.2) is 0 Å². The van der Waals surface area contributed by atoms with Crippen LogP contribution in [0.25, 0.3) is 0 Å². The normalized spacial score (nSPS) is 23.9. The molecule has 112 valence electrons. The average Bonchev–Trinajstić information content (AvgIpc) is 3.04. The first kappa shape index (κ1) is 14.8. The fourth-order valence-corrected chi connectivity index (χ4v) is 5.93. The van der Waals surface area contributed by atoms with E-state index in [1.54, 1.807) is 7.11 Å². The second-order valence-corrected chi connectivity index (χ2v) is 8.36. The lowest BCUT2D eigenvalue weighted by Gasteiger charge is -2.30. The van der Waals surface area contributed by atoms with Crippen LogP contribution in [0.3, 0.4) is 0 Å². The third-order valence-corrected chi connectivity index (χ3v) is 7.45. The molecular weight excluding hydrogens is 277 g/mol. The number of aliphatic imine (C=N–C) groups is 1. The van der Waals surface area contributed by atoms with Crippen LogP contribution >= 0.6 is 7.92 Å². The molecule has 1 saturated carbocycles. The van der Waals surface area contributed by atoms with Crippen molar-refractivity contribution in [2.45, 2.75) is 43.7 Å². The molecule has 21 heavy (non-hydrogen) atoms. The SMILES string of the molecule is COc1ccccc1C1C=CN=C1P(C)C1CCCCC1. The standard InChI is InChI=1S/C18H24NOP/c1-20-17-11-7-6-10-15(17)16-12-13-19-18(16)21(2)14-8-4-3-5-9-14/h6-7,10-14,16H,3-5,8-9H2,1-2H3. The van der Waals surface area contributed by atoms with Gasteiger partial charge in [0.05, 0.1) is 18.5 Å². The Balaban J connectivity index is 1.82. The molecule has 3 heteroatoms. The van der Waals surface area contributed by atoms with E-state index in [4.69, 9.17) is 9.73 Å². The Morgan fingerprint density at radius 3 is 2.67 bits per heavy atom. The van der Waals surface area contributed by atoms with Gasteiger partial charge >= 0.3 is 0 Å². The maximum atomic E-state index is 5.55. The Labute approximate surface area is 129 Å². The van der Waals surface area contributed by atoms with Gasteiger partial charge in [-0.2, -0.15) is 0 Å². The molecule has 2 aliphatic rings. The van der Waals surface area contributed by atoms with E-state index in [1.165, 1.54) is 43.1 Å². The van der Waals surface area contributed by atoms with Crippen molar-refractivity contribution in [2.75, 3.05) is 13.8 Å². The summed E-state index contributed by atoms with van der Waals surface area (Å²) in [6.07, 6.45) is 11.2. The molecule has 1 aliphatic heterocycles. The highest BCUT2D eigenvalue weighted by Crippen LogP contribution is 2.51. The largest absolute Gasteiger partial charge is 0.496 e. The molecule has 0 saturated heterocycles. The topological polar surface area (TPSA) is 21.6 Å². The van der Waals surface area contributed by atoms with E-state index >= 15 is 0 Å². The van der Waals surface area contributed by atoms with Crippen molar-refractivity contribution < 1.29 is 4.74 Å². The first-order valence-corrected chi connectivity index (χ1v) is 9.77. The lowest BCUT2D eigenvalue weighted by Crippen LogP contribution is -2.17. The van der Waals surface area contributed by atoms with Gasteiger partial charge in [0.2, 0.25) is 0 Å². The molecule has 0 radical (unpaired) electrons. The third kappa shape index (κ3) is 3.06. The second kappa shape index (κ2) is 6.75. The number of allylic oxidation sites excluding steroid dienone is 1. The summed E-state index contributed by atoms with van der Waals surface area (Å²) in [6, 6.07) is 8.37. The van der Waals surface area contributed by atoms with Crippen LogP contribution in [-0.4, -0.2) is 24.9 Å². The molecule has 0 N–H and O–H groups in total. The Bertz CT molecular complexity index is 546. The molecule has 0 bridgehead atoms. The summed E-state index contributed by atoms with van der Waals surface area (Å²) in [4.78, 5) is 4.75. The molecule has 1 fully saturated rings. The second-order valence-electron chi connectivity index (χ2n) is 5.95. The van der Waals surface area contributed by atoms with Crippen LogP contribution in [0.5, 0.6) is 5.75 Å². The molecule has 2 unspecified atom stereocenters.